The lowest BCUT2D eigenvalue weighted by Crippen LogP contribution is -2.64. The number of carbonyl (C=O) groups excluding carboxylic acids is 2. The van der Waals surface area contributed by atoms with Crippen molar-refractivity contribution in [2.45, 2.75) is 58.8 Å². The average molecular weight is 374 g/mol. The van der Waals surface area contributed by atoms with Crippen molar-refractivity contribution in [3.8, 4) is 0 Å². The van der Waals surface area contributed by atoms with Gasteiger partial charge in [0.25, 0.3) is 0 Å². The van der Waals surface area contributed by atoms with Crippen molar-refractivity contribution in [1.82, 2.24) is 9.80 Å². The highest BCUT2D eigenvalue weighted by Crippen LogP contribution is 2.43. The summed E-state index contributed by atoms with van der Waals surface area (Å²) in [6.07, 6.45) is 1.27. The minimum atomic E-state index is -0.484. The van der Waals surface area contributed by atoms with Gasteiger partial charge in [-0.05, 0) is 46.1 Å². The summed E-state index contributed by atoms with van der Waals surface area (Å²) in [5, 5.41) is 0. The van der Waals surface area contributed by atoms with Crippen molar-refractivity contribution >= 4 is 12.2 Å². The lowest BCUT2D eigenvalue weighted by molar-refractivity contribution is -0.0629. The second-order valence-electron chi connectivity index (χ2n) is 8.87. The van der Waals surface area contributed by atoms with Gasteiger partial charge in [-0.1, -0.05) is 30.3 Å². The van der Waals surface area contributed by atoms with E-state index in [9.17, 15) is 9.59 Å². The molecule has 6 heteroatoms. The monoisotopic (exact) mass is 374 g/mol. The van der Waals surface area contributed by atoms with Gasteiger partial charge in [0.15, 0.2) is 0 Å². The third-order valence-electron chi connectivity index (χ3n) is 5.29. The van der Waals surface area contributed by atoms with Gasteiger partial charge in [-0.2, -0.15) is 0 Å². The smallest absolute Gasteiger partial charge is 0.410 e. The molecule has 0 aromatic heterocycles. The van der Waals surface area contributed by atoms with E-state index in [1.165, 1.54) is 0 Å². The van der Waals surface area contributed by atoms with E-state index in [2.05, 4.69) is 6.92 Å². The lowest BCUT2D eigenvalue weighted by Gasteiger charge is -2.55. The molecule has 0 saturated carbocycles. The maximum Gasteiger partial charge on any atom is 0.410 e. The molecule has 2 heterocycles. The maximum absolute atomic E-state index is 12.4. The van der Waals surface area contributed by atoms with E-state index in [0.29, 0.717) is 26.2 Å². The predicted octanol–water partition coefficient (Wildman–Crippen LogP) is 4.04. The first-order valence-corrected chi connectivity index (χ1v) is 9.63. The van der Waals surface area contributed by atoms with Gasteiger partial charge in [0.05, 0.1) is 0 Å². The molecule has 0 aliphatic carbocycles. The molecule has 27 heavy (non-hydrogen) atoms. The van der Waals surface area contributed by atoms with Crippen molar-refractivity contribution in [2.24, 2.45) is 5.41 Å². The summed E-state index contributed by atoms with van der Waals surface area (Å²) >= 11 is 0. The molecule has 1 unspecified atom stereocenters. The number of likely N-dealkylation sites (tertiary alicyclic amines) is 2. The molecule has 1 aromatic rings. The van der Waals surface area contributed by atoms with Gasteiger partial charge in [-0.25, -0.2) is 9.59 Å². The Balaban J connectivity index is 1.46. The van der Waals surface area contributed by atoms with Crippen LogP contribution >= 0.6 is 0 Å². The highest BCUT2D eigenvalue weighted by atomic mass is 16.6. The Morgan fingerprint density at radius 3 is 2.41 bits per heavy atom. The van der Waals surface area contributed by atoms with Crippen LogP contribution in [-0.2, 0) is 16.1 Å². The second kappa shape index (κ2) is 7.41. The normalized spacial score (nSPS) is 21.6. The molecule has 2 aliphatic heterocycles. The lowest BCUT2D eigenvalue weighted by atomic mass is 9.70. The molecule has 1 spiro atoms. The van der Waals surface area contributed by atoms with E-state index < -0.39 is 5.60 Å². The number of hydrogen-bond donors (Lipinski definition) is 0. The summed E-state index contributed by atoms with van der Waals surface area (Å²) < 4.78 is 10.9. The first kappa shape index (κ1) is 19.5. The Bertz CT molecular complexity index is 677. The Hall–Kier alpha value is -2.24. The fourth-order valence-corrected chi connectivity index (χ4v) is 4.00. The average Bonchev–Trinajstić information content (AvgIpc) is 2.56. The molecule has 6 nitrogen and oxygen atoms in total. The molecule has 0 radical (unpaired) electrons. The summed E-state index contributed by atoms with van der Waals surface area (Å²) in [6, 6.07) is 9.80. The maximum atomic E-state index is 12.4. The molecule has 1 atom stereocenters. The van der Waals surface area contributed by atoms with Crippen LogP contribution < -0.4 is 0 Å². The van der Waals surface area contributed by atoms with Gasteiger partial charge in [-0.3, -0.25) is 0 Å². The van der Waals surface area contributed by atoms with Crippen LogP contribution in [0.1, 0.15) is 46.1 Å². The number of piperidine rings is 1. The van der Waals surface area contributed by atoms with Gasteiger partial charge in [0, 0.05) is 31.1 Å². The van der Waals surface area contributed by atoms with E-state index >= 15 is 0 Å². The molecular formula is C21H30N2O4. The van der Waals surface area contributed by atoms with Gasteiger partial charge in [0.1, 0.15) is 12.2 Å². The van der Waals surface area contributed by atoms with Gasteiger partial charge in [0.2, 0.25) is 0 Å². The number of carbonyl (C=O) groups is 2. The molecular weight excluding hydrogens is 344 g/mol. The van der Waals surface area contributed by atoms with E-state index in [-0.39, 0.29) is 23.6 Å². The van der Waals surface area contributed by atoms with E-state index in [4.69, 9.17) is 9.47 Å². The predicted molar refractivity (Wildman–Crippen MR) is 102 cm³/mol. The largest absolute Gasteiger partial charge is 0.445 e. The van der Waals surface area contributed by atoms with Crippen LogP contribution in [0.15, 0.2) is 30.3 Å². The minimum Gasteiger partial charge on any atom is -0.445 e. The number of hydrogen-bond acceptors (Lipinski definition) is 4. The number of rotatable bonds is 2. The fraction of sp³-hybridized carbons (Fsp3) is 0.619. The quantitative estimate of drug-likeness (QED) is 0.784. The number of benzene rings is 1. The molecule has 3 rings (SSSR count). The van der Waals surface area contributed by atoms with Gasteiger partial charge < -0.3 is 19.3 Å². The Labute approximate surface area is 161 Å². The SMILES string of the molecule is CC1CC2(CCN1C(=O)OC(C)(C)C)CN(C(=O)OCc1ccccc1)C2. The number of ether oxygens (including phenoxy) is 2. The Morgan fingerprint density at radius 1 is 1.15 bits per heavy atom. The molecule has 2 aliphatic rings. The highest BCUT2D eigenvalue weighted by Gasteiger charge is 2.50. The fourth-order valence-electron chi connectivity index (χ4n) is 4.00. The molecule has 2 fully saturated rings. The zero-order valence-electron chi connectivity index (χ0n) is 16.7. The van der Waals surface area contributed by atoms with Crippen LogP contribution in [0.2, 0.25) is 0 Å². The summed E-state index contributed by atoms with van der Waals surface area (Å²) in [7, 11) is 0. The van der Waals surface area contributed by atoms with Crippen LogP contribution in [0.5, 0.6) is 0 Å². The van der Waals surface area contributed by atoms with Crippen molar-refractivity contribution in [2.75, 3.05) is 19.6 Å². The van der Waals surface area contributed by atoms with Crippen molar-refractivity contribution in [1.29, 1.82) is 0 Å². The van der Waals surface area contributed by atoms with E-state index in [0.717, 1.165) is 18.4 Å². The molecule has 2 saturated heterocycles. The van der Waals surface area contributed by atoms with Gasteiger partial charge >= 0.3 is 12.2 Å². The summed E-state index contributed by atoms with van der Waals surface area (Å²) in [5.41, 5.74) is 0.603. The Kier molecular flexibility index (Phi) is 5.36. The van der Waals surface area contributed by atoms with Crippen LogP contribution in [0, 0.1) is 5.41 Å². The molecule has 0 bridgehead atoms. The van der Waals surface area contributed by atoms with Crippen LogP contribution in [0.25, 0.3) is 0 Å². The highest BCUT2D eigenvalue weighted by molar-refractivity contribution is 5.70. The van der Waals surface area contributed by atoms with Crippen molar-refractivity contribution in [3.05, 3.63) is 35.9 Å². The summed E-state index contributed by atoms with van der Waals surface area (Å²) in [6.45, 7) is 10.1. The van der Waals surface area contributed by atoms with E-state index in [1.54, 1.807) is 4.90 Å². The van der Waals surface area contributed by atoms with Crippen molar-refractivity contribution in [3.63, 3.8) is 0 Å². The first-order chi connectivity index (χ1) is 12.7. The Morgan fingerprint density at radius 2 is 1.81 bits per heavy atom. The van der Waals surface area contributed by atoms with Crippen LogP contribution in [0.3, 0.4) is 0 Å². The zero-order chi connectivity index (χ0) is 19.7. The molecule has 0 N–H and O–H groups in total. The summed E-state index contributed by atoms with van der Waals surface area (Å²) in [5.74, 6) is 0. The third-order valence-corrected chi connectivity index (χ3v) is 5.29. The number of amides is 2. The molecule has 2 amide bonds. The second-order valence-corrected chi connectivity index (χ2v) is 8.87. The standard InChI is InChI=1S/C21H30N2O4/c1-16-12-21(10-11-23(16)19(25)27-20(2,3)4)14-22(15-21)18(24)26-13-17-8-6-5-7-9-17/h5-9,16H,10-15H2,1-4H3. The van der Waals surface area contributed by atoms with Crippen LogP contribution in [0.4, 0.5) is 9.59 Å². The first-order valence-electron chi connectivity index (χ1n) is 9.63. The van der Waals surface area contributed by atoms with Crippen molar-refractivity contribution < 1.29 is 19.1 Å². The number of nitrogens with zero attached hydrogens (tertiary/aromatic N) is 2. The van der Waals surface area contributed by atoms with Gasteiger partial charge in [-0.15, -0.1) is 0 Å². The van der Waals surface area contributed by atoms with E-state index in [1.807, 2.05) is 56.0 Å². The summed E-state index contributed by atoms with van der Waals surface area (Å²) in [4.78, 5) is 28.2. The molecule has 148 valence electrons. The minimum absolute atomic E-state index is 0.101. The zero-order valence-corrected chi connectivity index (χ0v) is 16.7. The van der Waals surface area contributed by atoms with Crippen LogP contribution in [-0.4, -0.2) is 53.3 Å². The third kappa shape index (κ3) is 4.73. The molecule has 1 aromatic carbocycles. The topological polar surface area (TPSA) is 59.1 Å².